The Hall–Kier alpha value is -6.12. The summed E-state index contributed by atoms with van der Waals surface area (Å²) in [6.45, 7) is 0. The Morgan fingerprint density at radius 3 is 1.60 bits per heavy atom. The standard InChI is InChI=1S/C45H30N2/c1-2-12-29(13-3-1)30-22-24-31(25-23-30)43-34-15-4-6-17-36(34)44(37-18-7-5-16-35(37)43)32-26-27-38-39(28-32)33-14-8-10-20-41(33)47-42-21-11-9-19-40(42)46-45(38)47/h1-28,45-46H. The summed E-state index contributed by atoms with van der Waals surface area (Å²) in [5.74, 6) is 0. The Kier molecular flexibility index (Phi) is 5.67. The molecule has 0 fully saturated rings. The topological polar surface area (TPSA) is 15.3 Å². The number of anilines is 3. The fourth-order valence-corrected chi connectivity index (χ4v) is 7.95. The first-order valence-electron chi connectivity index (χ1n) is 16.3. The number of fused-ring (bicyclic) bond motifs is 10. The molecule has 1 unspecified atom stereocenters. The predicted octanol–water partition coefficient (Wildman–Crippen LogP) is 12.2. The van der Waals surface area contributed by atoms with Crippen LogP contribution in [0.1, 0.15) is 11.7 Å². The summed E-state index contributed by atoms with van der Waals surface area (Å²) in [7, 11) is 0. The molecule has 2 heteroatoms. The van der Waals surface area contributed by atoms with Gasteiger partial charge >= 0.3 is 0 Å². The number of hydrogen-bond acceptors (Lipinski definition) is 2. The molecule has 0 bridgehead atoms. The van der Waals surface area contributed by atoms with E-state index >= 15 is 0 Å². The zero-order valence-corrected chi connectivity index (χ0v) is 25.7. The second kappa shape index (κ2) is 10.2. The molecule has 2 aliphatic heterocycles. The molecule has 10 rings (SSSR count). The summed E-state index contributed by atoms with van der Waals surface area (Å²) >= 11 is 0. The summed E-state index contributed by atoms with van der Waals surface area (Å²) in [6.07, 6.45) is 0.0565. The first-order chi connectivity index (χ1) is 23.3. The van der Waals surface area contributed by atoms with Gasteiger partial charge < -0.3 is 10.2 Å². The second-order valence-corrected chi connectivity index (χ2v) is 12.5. The highest BCUT2D eigenvalue weighted by atomic mass is 15.3. The maximum absolute atomic E-state index is 3.82. The monoisotopic (exact) mass is 598 g/mol. The molecule has 0 radical (unpaired) electrons. The van der Waals surface area contributed by atoms with Gasteiger partial charge in [-0.3, -0.25) is 0 Å². The summed E-state index contributed by atoms with van der Waals surface area (Å²) in [5.41, 5.74) is 15.0. The third kappa shape index (κ3) is 3.92. The molecule has 1 N–H and O–H groups in total. The van der Waals surface area contributed by atoms with E-state index in [1.165, 1.54) is 88.7 Å². The van der Waals surface area contributed by atoms with Gasteiger partial charge in [0.05, 0.1) is 17.1 Å². The van der Waals surface area contributed by atoms with E-state index in [4.69, 9.17) is 0 Å². The third-order valence-corrected chi connectivity index (χ3v) is 10.0. The van der Waals surface area contributed by atoms with E-state index in [1.54, 1.807) is 0 Å². The van der Waals surface area contributed by atoms with Crippen LogP contribution in [0.3, 0.4) is 0 Å². The molecule has 0 saturated heterocycles. The van der Waals surface area contributed by atoms with Crippen molar-refractivity contribution >= 4 is 38.6 Å². The lowest BCUT2D eigenvalue weighted by molar-refractivity contribution is 0.819. The minimum atomic E-state index is 0.0565. The Morgan fingerprint density at radius 2 is 0.894 bits per heavy atom. The average Bonchev–Trinajstić information content (AvgIpc) is 3.54. The fraction of sp³-hybridized carbons (Fsp3) is 0.0222. The molecule has 47 heavy (non-hydrogen) atoms. The van der Waals surface area contributed by atoms with E-state index in [0.717, 1.165) is 0 Å². The van der Waals surface area contributed by atoms with Gasteiger partial charge in [0.1, 0.15) is 6.17 Å². The van der Waals surface area contributed by atoms with Crippen LogP contribution in [0, 0.1) is 0 Å². The number of benzene rings is 8. The molecule has 0 spiro atoms. The molecule has 0 amide bonds. The van der Waals surface area contributed by atoms with Gasteiger partial charge in [-0.25, -0.2) is 0 Å². The van der Waals surface area contributed by atoms with Gasteiger partial charge in [-0.05, 0) is 84.8 Å². The van der Waals surface area contributed by atoms with E-state index in [9.17, 15) is 0 Å². The first-order valence-corrected chi connectivity index (χ1v) is 16.3. The van der Waals surface area contributed by atoms with E-state index in [2.05, 4.69) is 180 Å². The largest absolute Gasteiger partial charge is 0.359 e. The number of hydrogen-bond donors (Lipinski definition) is 1. The van der Waals surface area contributed by atoms with Crippen molar-refractivity contribution in [2.45, 2.75) is 6.17 Å². The Morgan fingerprint density at radius 1 is 0.383 bits per heavy atom. The number of nitrogens with zero attached hydrogens (tertiary/aromatic N) is 1. The van der Waals surface area contributed by atoms with Crippen molar-refractivity contribution in [2.24, 2.45) is 0 Å². The molecule has 0 aliphatic carbocycles. The lowest BCUT2D eigenvalue weighted by Crippen LogP contribution is -2.27. The predicted molar refractivity (Wildman–Crippen MR) is 198 cm³/mol. The van der Waals surface area contributed by atoms with Crippen LogP contribution in [-0.2, 0) is 0 Å². The smallest absolute Gasteiger partial charge is 0.131 e. The highest BCUT2D eigenvalue weighted by molar-refractivity contribution is 6.21. The van der Waals surface area contributed by atoms with Crippen LogP contribution in [0.25, 0.3) is 66.1 Å². The maximum atomic E-state index is 3.82. The SMILES string of the molecule is c1ccc(-c2ccc(-c3c4ccccc4c(-c4ccc5c(c4)-c4ccccc4N4c6ccccc6NC54)c4ccccc34)cc2)cc1. The molecule has 0 aromatic heterocycles. The van der Waals surface area contributed by atoms with E-state index < -0.39 is 0 Å². The van der Waals surface area contributed by atoms with Crippen LogP contribution in [0.5, 0.6) is 0 Å². The van der Waals surface area contributed by atoms with Crippen LogP contribution in [-0.4, -0.2) is 0 Å². The summed E-state index contributed by atoms with van der Waals surface area (Å²) in [4.78, 5) is 2.45. The van der Waals surface area contributed by atoms with E-state index in [1.807, 2.05) is 0 Å². The normalized spacial score (nSPS) is 14.3. The molecule has 1 atom stereocenters. The van der Waals surface area contributed by atoms with Gasteiger partial charge in [0, 0.05) is 11.1 Å². The first kappa shape index (κ1) is 26.1. The minimum absolute atomic E-state index is 0.0565. The molecule has 220 valence electrons. The third-order valence-electron chi connectivity index (χ3n) is 10.0. The minimum Gasteiger partial charge on any atom is -0.359 e. The van der Waals surface area contributed by atoms with Gasteiger partial charge in [-0.1, -0.05) is 146 Å². The molecule has 2 aliphatic rings. The van der Waals surface area contributed by atoms with E-state index in [0.29, 0.717) is 0 Å². The maximum Gasteiger partial charge on any atom is 0.131 e. The average molecular weight is 599 g/mol. The van der Waals surface area contributed by atoms with Crippen molar-refractivity contribution in [2.75, 3.05) is 10.2 Å². The zero-order chi connectivity index (χ0) is 30.9. The van der Waals surface area contributed by atoms with Crippen LogP contribution in [0.2, 0.25) is 0 Å². The molecule has 8 aromatic carbocycles. The summed E-state index contributed by atoms with van der Waals surface area (Å²) in [6, 6.07) is 62.1. The lowest BCUT2D eigenvalue weighted by atomic mass is 9.83. The van der Waals surface area contributed by atoms with Crippen LogP contribution in [0.4, 0.5) is 17.1 Å². The van der Waals surface area contributed by atoms with Crippen molar-refractivity contribution in [3.63, 3.8) is 0 Å². The molecular weight excluding hydrogens is 569 g/mol. The Bertz CT molecular complexity index is 2440. The lowest BCUT2D eigenvalue weighted by Gasteiger charge is -2.35. The fourth-order valence-electron chi connectivity index (χ4n) is 7.95. The highest BCUT2D eigenvalue weighted by Gasteiger charge is 2.37. The number of nitrogens with one attached hydrogen (secondary N) is 1. The van der Waals surface area contributed by atoms with Gasteiger partial charge in [-0.15, -0.1) is 0 Å². The molecular formula is C45H30N2. The number of para-hydroxylation sites is 3. The molecule has 2 nitrogen and oxygen atoms in total. The van der Waals surface area contributed by atoms with Crippen molar-refractivity contribution < 1.29 is 0 Å². The van der Waals surface area contributed by atoms with Gasteiger partial charge in [-0.2, -0.15) is 0 Å². The van der Waals surface area contributed by atoms with Gasteiger partial charge in [0.25, 0.3) is 0 Å². The van der Waals surface area contributed by atoms with Gasteiger partial charge in [0.2, 0.25) is 0 Å². The van der Waals surface area contributed by atoms with Gasteiger partial charge in [0.15, 0.2) is 0 Å². The second-order valence-electron chi connectivity index (χ2n) is 12.5. The van der Waals surface area contributed by atoms with E-state index in [-0.39, 0.29) is 6.17 Å². The van der Waals surface area contributed by atoms with Crippen LogP contribution < -0.4 is 10.2 Å². The van der Waals surface area contributed by atoms with Crippen molar-refractivity contribution in [1.29, 1.82) is 0 Å². The Labute approximate surface area is 274 Å². The van der Waals surface area contributed by atoms with Crippen LogP contribution in [0.15, 0.2) is 170 Å². The van der Waals surface area contributed by atoms with Crippen molar-refractivity contribution in [1.82, 2.24) is 0 Å². The summed E-state index contributed by atoms with van der Waals surface area (Å²) < 4.78 is 0. The quantitative estimate of drug-likeness (QED) is 0.204. The van der Waals surface area contributed by atoms with Crippen molar-refractivity contribution in [3.8, 4) is 44.5 Å². The zero-order valence-electron chi connectivity index (χ0n) is 25.7. The molecule has 8 aromatic rings. The summed E-state index contributed by atoms with van der Waals surface area (Å²) in [5, 5.41) is 8.89. The highest BCUT2D eigenvalue weighted by Crippen LogP contribution is 2.55. The Balaban J connectivity index is 1.18. The van der Waals surface area contributed by atoms with Crippen molar-refractivity contribution in [3.05, 3.63) is 175 Å². The number of rotatable bonds is 3. The van der Waals surface area contributed by atoms with Crippen LogP contribution >= 0.6 is 0 Å². The molecule has 0 saturated carbocycles. The molecule has 2 heterocycles.